The van der Waals surface area contributed by atoms with Crippen LogP contribution in [0.25, 0.3) is 0 Å². The summed E-state index contributed by atoms with van der Waals surface area (Å²) in [6.45, 7) is -1.00. The van der Waals surface area contributed by atoms with Crippen LogP contribution in [0.4, 0.5) is 18.9 Å². The molecule has 1 unspecified atom stereocenters. The zero-order chi connectivity index (χ0) is 21.7. The number of anilines is 1. The van der Waals surface area contributed by atoms with Crippen LogP contribution in [0.15, 0.2) is 48.5 Å². The number of nitrogens with zero attached hydrogens (tertiary/aromatic N) is 1. The van der Waals surface area contributed by atoms with Crippen LogP contribution in [-0.2, 0) is 16.1 Å². The number of carbonyl (C=O) groups excluding carboxylic acids is 2. The van der Waals surface area contributed by atoms with Gasteiger partial charge in [-0.15, -0.1) is 0 Å². The lowest BCUT2D eigenvalue weighted by atomic mass is 10.1. The van der Waals surface area contributed by atoms with Crippen LogP contribution in [0.1, 0.15) is 12.0 Å². The van der Waals surface area contributed by atoms with Gasteiger partial charge in [0.25, 0.3) is 0 Å². The zero-order valence-electron chi connectivity index (χ0n) is 16.2. The van der Waals surface area contributed by atoms with Gasteiger partial charge in [-0.2, -0.15) is 13.2 Å². The van der Waals surface area contributed by atoms with Crippen molar-refractivity contribution in [1.82, 2.24) is 5.32 Å². The summed E-state index contributed by atoms with van der Waals surface area (Å²) < 4.78 is 46.6. The minimum absolute atomic E-state index is 0.0702. The third-order valence-corrected chi connectivity index (χ3v) is 4.65. The highest BCUT2D eigenvalue weighted by molar-refractivity contribution is 6.00. The Morgan fingerprint density at radius 2 is 1.90 bits per heavy atom. The van der Waals surface area contributed by atoms with Crippen molar-refractivity contribution in [2.24, 2.45) is 5.92 Å². The SMILES string of the molecule is COc1ccc(N2CC(C(=O)NCc3cccc(OCC(F)(F)F)c3)CC2=O)cc1. The predicted molar refractivity (Wildman–Crippen MR) is 103 cm³/mol. The van der Waals surface area contributed by atoms with Gasteiger partial charge in [-0.25, -0.2) is 0 Å². The van der Waals surface area contributed by atoms with Crippen molar-refractivity contribution in [1.29, 1.82) is 0 Å². The minimum atomic E-state index is -4.42. The van der Waals surface area contributed by atoms with Gasteiger partial charge in [0.2, 0.25) is 11.8 Å². The van der Waals surface area contributed by atoms with Gasteiger partial charge < -0.3 is 19.7 Å². The summed E-state index contributed by atoms with van der Waals surface area (Å²) in [6, 6.07) is 13.1. The van der Waals surface area contributed by atoms with Gasteiger partial charge in [-0.3, -0.25) is 9.59 Å². The highest BCUT2D eigenvalue weighted by Crippen LogP contribution is 2.27. The molecule has 0 aromatic heterocycles. The fourth-order valence-electron chi connectivity index (χ4n) is 3.14. The van der Waals surface area contributed by atoms with E-state index in [2.05, 4.69) is 5.32 Å². The van der Waals surface area contributed by atoms with Gasteiger partial charge in [0.1, 0.15) is 11.5 Å². The second-order valence-corrected chi connectivity index (χ2v) is 6.87. The first kappa shape index (κ1) is 21.5. The van der Waals surface area contributed by atoms with E-state index in [1.165, 1.54) is 12.1 Å². The molecule has 1 fully saturated rings. The first-order chi connectivity index (χ1) is 14.2. The standard InChI is InChI=1S/C21H21F3N2O4/c1-29-17-7-5-16(6-8-17)26-12-15(10-19(26)27)20(28)25-11-14-3-2-4-18(9-14)30-13-21(22,23)24/h2-9,15H,10-13H2,1H3,(H,25,28). The molecule has 0 radical (unpaired) electrons. The molecule has 1 saturated heterocycles. The molecule has 2 amide bonds. The number of amides is 2. The van der Waals surface area contributed by atoms with E-state index in [0.717, 1.165) is 0 Å². The first-order valence-electron chi connectivity index (χ1n) is 9.26. The number of benzene rings is 2. The molecule has 1 heterocycles. The average molecular weight is 422 g/mol. The lowest BCUT2D eigenvalue weighted by Gasteiger charge is -2.17. The number of methoxy groups -OCH3 is 1. The van der Waals surface area contributed by atoms with Crippen LogP contribution in [0.3, 0.4) is 0 Å². The van der Waals surface area contributed by atoms with E-state index in [9.17, 15) is 22.8 Å². The summed E-state index contributed by atoms with van der Waals surface area (Å²) in [7, 11) is 1.55. The largest absolute Gasteiger partial charge is 0.497 e. The summed E-state index contributed by atoms with van der Waals surface area (Å²) in [5.74, 6) is -0.213. The molecule has 1 atom stereocenters. The van der Waals surface area contributed by atoms with Crippen LogP contribution >= 0.6 is 0 Å². The Labute approximate surface area is 171 Å². The maximum Gasteiger partial charge on any atom is 0.422 e. The Bertz CT molecular complexity index is 900. The summed E-state index contributed by atoms with van der Waals surface area (Å²) in [5, 5.41) is 2.74. The average Bonchev–Trinajstić information content (AvgIpc) is 3.12. The quantitative estimate of drug-likeness (QED) is 0.744. The lowest BCUT2D eigenvalue weighted by molar-refractivity contribution is -0.153. The van der Waals surface area contributed by atoms with Crippen LogP contribution in [0.5, 0.6) is 11.5 Å². The third-order valence-electron chi connectivity index (χ3n) is 4.65. The van der Waals surface area contributed by atoms with Crippen molar-refractivity contribution in [3.63, 3.8) is 0 Å². The molecule has 1 aliphatic rings. The van der Waals surface area contributed by atoms with E-state index in [-0.39, 0.29) is 37.1 Å². The summed E-state index contributed by atoms with van der Waals surface area (Å²) in [5.41, 5.74) is 1.28. The molecule has 0 spiro atoms. The van der Waals surface area contributed by atoms with Crippen molar-refractivity contribution < 1.29 is 32.2 Å². The molecule has 6 nitrogen and oxygen atoms in total. The monoisotopic (exact) mass is 422 g/mol. The van der Waals surface area contributed by atoms with Crippen LogP contribution < -0.4 is 19.7 Å². The Balaban J connectivity index is 1.54. The van der Waals surface area contributed by atoms with Crippen molar-refractivity contribution >= 4 is 17.5 Å². The number of alkyl halides is 3. The van der Waals surface area contributed by atoms with E-state index < -0.39 is 18.7 Å². The number of carbonyl (C=O) groups is 2. The van der Waals surface area contributed by atoms with Gasteiger partial charge in [-0.1, -0.05) is 12.1 Å². The predicted octanol–water partition coefficient (Wildman–Crippen LogP) is 3.31. The molecule has 0 bridgehead atoms. The number of nitrogens with one attached hydrogen (secondary N) is 1. The lowest BCUT2D eigenvalue weighted by Crippen LogP contribution is -2.32. The van der Waals surface area contributed by atoms with Crippen molar-refractivity contribution in [3.8, 4) is 11.5 Å². The van der Waals surface area contributed by atoms with Crippen molar-refractivity contribution in [2.45, 2.75) is 19.1 Å². The highest BCUT2D eigenvalue weighted by atomic mass is 19.4. The molecule has 1 aliphatic heterocycles. The molecule has 9 heteroatoms. The molecule has 2 aromatic rings. The molecule has 30 heavy (non-hydrogen) atoms. The molecule has 160 valence electrons. The fourth-order valence-corrected chi connectivity index (χ4v) is 3.14. The van der Waals surface area contributed by atoms with E-state index in [1.54, 1.807) is 48.4 Å². The Hall–Kier alpha value is -3.23. The van der Waals surface area contributed by atoms with Crippen LogP contribution in [0, 0.1) is 5.92 Å². The number of ether oxygens (including phenoxy) is 2. The topological polar surface area (TPSA) is 67.9 Å². The van der Waals surface area contributed by atoms with Gasteiger partial charge in [0.15, 0.2) is 6.61 Å². The molecular formula is C21H21F3N2O4. The zero-order valence-corrected chi connectivity index (χ0v) is 16.2. The number of halogens is 3. The number of hydrogen-bond acceptors (Lipinski definition) is 4. The summed E-state index contributed by atoms with van der Waals surface area (Å²) in [6.07, 6.45) is -4.33. The summed E-state index contributed by atoms with van der Waals surface area (Å²) in [4.78, 5) is 26.4. The van der Waals surface area contributed by atoms with Crippen LogP contribution in [0.2, 0.25) is 0 Å². The van der Waals surface area contributed by atoms with Crippen molar-refractivity contribution in [3.05, 3.63) is 54.1 Å². The normalized spacial score (nSPS) is 16.5. The third kappa shape index (κ3) is 5.65. The molecule has 2 aromatic carbocycles. The second-order valence-electron chi connectivity index (χ2n) is 6.87. The van der Waals surface area contributed by atoms with Gasteiger partial charge in [0.05, 0.1) is 13.0 Å². The molecule has 0 aliphatic carbocycles. The molecule has 1 N–H and O–H groups in total. The number of rotatable bonds is 7. The highest BCUT2D eigenvalue weighted by Gasteiger charge is 2.35. The Kier molecular flexibility index (Phi) is 6.49. The Morgan fingerprint density at radius 1 is 1.17 bits per heavy atom. The summed E-state index contributed by atoms with van der Waals surface area (Å²) >= 11 is 0. The minimum Gasteiger partial charge on any atom is -0.497 e. The van der Waals surface area contributed by atoms with Gasteiger partial charge >= 0.3 is 6.18 Å². The van der Waals surface area contributed by atoms with E-state index in [4.69, 9.17) is 9.47 Å². The Morgan fingerprint density at radius 3 is 2.57 bits per heavy atom. The maximum absolute atomic E-state index is 12.5. The molecule has 0 saturated carbocycles. The van der Waals surface area contributed by atoms with Crippen molar-refractivity contribution in [2.75, 3.05) is 25.2 Å². The maximum atomic E-state index is 12.5. The fraction of sp³-hybridized carbons (Fsp3) is 0.333. The number of hydrogen-bond donors (Lipinski definition) is 1. The van der Waals surface area contributed by atoms with Crippen LogP contribution in [-0.4, -0.2) is 38.3 Å². The van der Waals surface area contributed by atoms with E-state index in [1.807, 2.05) is 0 Å². The first-order valence-corrected chi connectivity index (χ1v) is 9.26. The molecule has 3 rings (SSSR count). The van der Waals surface area contributed by atoms with Gasteiger partial charge in [0, 0.05) is 25.2 Å². The van der Waals surface area contributed by atoms with E-state index in [0.29, 0.717) is 17.0 Å². The van der Waals surface area contributed by atoms with Gasteiger partial charge in [-0.05, 0) is 42.0 Å². The molecular weight excluding hydrogens is 401 g/mol. The smallest absolute Gasteiger partial charge is 0.422 e. The second kappa shape index (κ2) is 9.06. The van der Waals surface area contributed by atoms with E-state index >= 15 is 0 Å².